The molecule has 206 valence electrons. The third-order valence-electron chi connectivity index (χ3n) is 6.49. The van der Waals surface area contributed by atoms with E-state index in [-0.39, 0.29) is 12.1 Å². The molecule has 0 bridgehead atoms. The van der Waals surface area contributed by atoms with Crippen molar-refractivity contribution >= 4 is 44.7 Å². The Hall–Kier alpha value is -4.42. The topological polar surface area (TPSA) is 115 Å². The summed E-state index contributed by atoms with van der Waals surface area (Å²) in [5, 5.41) is 3.88. The predicted octanol–water partition coefficient (Wildman–Crippen LogP) is 4.22. The van der Waals surface area contributed by atoms with Gasteiger partial charge in [-0.05, 0) is 66.8 Å². The Morgan fingerprint density at radius 3 is 2.55 bits per heavy atom. The molecule has 1 saturated heterocycles. The lowest BCUT2D eigenvalue weighted by molar-refractivity contribution is 0.0600. The highest BCUT2D eigenvalue weighted by atomic mass is 32.2. The number of pyridine rings is 1. The Bertz CT molecular complexity index is 1670. The molecule has 0 unspecified atom stereocenters. The lowest BCUT2D eigenvalue weighted by Crippen LogP contribution is -2.30. The van der Waals surface area contributed by atoms with E-state index in [1.54, 1.807) is 42.6 Å². The summed E-state index contributed by atoms with van der Waals surface area (Å²) in [5.74, 6) is -0.0888. The van der Waals surface area contributed by atoms with E-state index in [2.05, 4.69) is 15.0 Å². The van der Waals surface area contributed by atoms with Crippen LogP contribution in [-0.4, -0.2) is 49.5 Å². The maximum atomic E-state index is 12.2. The maximum Gasteiger partial charge on any atom is 0.337 e. The third kappa shape index (κ3) is 5.36. The van der Waals surface area contributed by atoms with Crippen molar-refractivity contribution in [3.8, 4) is 11.4 Å². The Morgan fingerprint density at radius 1 is 1.02 bits per heavy atom. The zero-order valence-electron chi connectivity index (χ0n) is 21.9. The molecule has 1 fully saturated rings. The molecule has 0 radical (unpaired) electrons. The van der Waals surface area contributed by atoms with E-state index in [4.69, 9.17) is 21.7 Å². The van der Waals surface area contributed by atoms with Gasteiger partial charge in [-0.25, -0.2) is 13.2 Å². The minimum absolute atomic E-state index is 0.313. The molecule has 4 aromatic rings. The number of thiocarbonyl (C=S) groups is 1. The number of benzene rings is 2. The molecule has 0 amide bonds. The summed E-state index contributed by atoms with van der Waals surface area (Å²) in [6.07, 6.45) is 4.73. The Morgan fingerprint density at radius 2 is 1.85 bits per heavy atom. The molecule has 10 nitrogen and oxygen atoms in total. The highest BCUT2D eigenvalue weighted by Crippen LogP contribution is 2.44. The summed E-state index contributed by atoms with van der Waals surface area (Å²) < 4.78 is 38.7. The Kier molecular flexibility index (Phi) is 7.46. The van der Waals surface area contributed by atoms with Crippen molar-refractivity contribution in [2.45, 2.75) is 12.1 Å². The second-order valence-corrected chi connectivity index (χ2v) is 11.2. The van der Waals surface area contributed by atoms with Gasteiger partial charge in [-0.1, -0.05) is 12.1 Å². The Labute approximate surface area is 237 Å². The average Bonchev–Trinajstić information content (AvgIpc) is 3.57. The molecule has 0 spiro atoms. The molecule has 3 heterocycles. The van der Waals surface area contributed by atoms with Crippen LogP contribution in [0.1, 0.15) is 33.8 Å². The third-order valence-corrected chi connectivity index (χ3v) is 7.39. The van der Waals surface area contributed by atoms with Gasteiger partial charge in [0.1, 0.15) is 11.8 Å². The van der Waals surface area contributed by atoms with Gasteiger partial charge in [0.05, 0.1) is 43.5 Å². The number of methoxy groups -OCH3 is 2. The number of carbonyl (C=O) groups is 1. The van der Waals surface area contributed by atoms with Crippen molar-refractivity contribution in [2.75, 3.05) is 30.1 Å². The summed E-state index contributed by atoms with van der Waals surface area (Å²) in [6, 6.07) is 21.2. The number of nitrogens with one attached hydrogen (secondary N) is 2. The Balaban J connectivity index is 1.64. The number of ether oxygens (including phenoxy) is 2. The number of rotatable bonds is 8. The first-order valence-electron chi connectivity index (χ1n) is 12.2. The summed E-state index contributed by atoms with van der Waals surface area (Å²) in [4.78, 5) is 18.8. The lowest BCUT2D eigenvalue weighted by atomic mass is 10.0. The van der Waals surface area contributed by atoms with Gasteiger partial charge in [-0.3, -0.25) is 9.71 Å². The standard InChI is InChI=1S/C28H27N5O5S2/c1-37-24-17-20(12-13-21(24)31-40(3,35)36)33-26(25(30-28(33)39)22-10-4-5-14-29-22)23-11-7-15-32(23)19-9-6-8-18(16-19)27(34)38-2/h4-17,25-26,31H,1-3H3,(H,30,39)/t25-,26-/m0/s1. The molecule has 0 saturated carbocycles. The van der Waals surface area contributed by atoms with Crippen molar-refractivity contribution in [3.05, 3.63) is 102 Å². The molecule has 2 N–H and O–H groups in total. The van der Waals surface area contributed by atoms with Gasteiger partial charge < -0.3 is 24.3 Å². The molecule has 2 aromatic carbocycles. The summed E-state index contributed by atoms with van der Waals surface area (Å²) >= 11 is 5.85. The monoisotopic (exact) mass is 577 g/mol. The molecule has 2 atom stereocenters. The number of esters is 1. The van der Waals surface area contributed by atoms with Crippen LogP contribution in [0.15, 0.2) is 85.2 Å². The molecule has 2 aromatic heterocycles. The fourth-order valence-corrected chi connectivity index (χ4v) is 5.73. The largest absolute Gasteiger partial charge is 0.494 e. The van der Waals surface area contributed by atoms with Gasteiger partial charge in [0, 0.05) is 35.5 Å². The highest BCUT2D eigenvalue weighted by molar-refractivity contribution is 7.92. The summed E-state index contributed by atoms with van der Waals surface area (Å²) in [7, 11) is -0.696. The van der Waals surface area contributed by atoms with Crippen molar-refractivity contribution in [1.82, 2.24) is 14.9 Å². The summed E-state index contributed by atoms with van der Waals surface area (Å²) in [5.41, 5.74) is 3.86. The quantitative estimate of drug-likeness (QED) is 0.235. The molecular formula is C28H27N5O5S2. The number of carbonyl (C=O) groups excluding carboxylic acids is 1. The van der Waals surface area contributed by atoms with Gasteiger partial charge in [-0.15, -0.1) is 0 Å². The first kappa shape index (κ1) is 27.2. The highest BCUT2D eigenvalue weighted by Gasteiger charge is 2.42. The van der Waals surface area contributed by atoms with Gasteiger partial charge in [0.15, 0.2) is 5.11 Å². The molecular weight excluding hydrogens is 550 g/mol. The van der Waals surface area contributed by atoms with Crippen molar-refractivity contribution < 1.29 is 22.7 Å². The number of aromatic nitrogens is 2. The van der Waals surface area contributed by atoms with Crippen LogP contribution in [0.4, 0.5) is 11.4 Å². The van der Waals surface area contributed by atoms with Crippen LogP contribution in [0.3, 0.4) is 0 Å². The van der Waals surface area contributed by atoms with E-state index in [0.29, 0.717) is 27.8 Å². The fraction of sp³-hybridized carbons (Fsp3) is 0.179. The van der Waals surface area contributed by atoms with Crippen molar-refractivity contribution in [2.24, 2.45) is 0 Å². The van der Waals surface area contributed by atoms with E-state index in [1.807, 2.05) is 52.1 Å². The van der Waals surface area contributed by atoms with Gasteiger partial charge in [0.25, 0.3) is 0 Å². The van der Waals surface area contributed by atoms with Gasteiger partial charge in [-0.2, -0.15) is 0 Å². The molecule has 5 rings (SSSR count). The minimum Gasteiger partial charge on any atom is -0.494 e. The van der Waals surface area contributed by atoms with Gasteiger partial charge in [0.2, 0.25) is 10.0 Å². The minimum atomic E-state index is -3.52. The van der Waals surface area contributed by atoms with Crippen LogP contribution in [0.25, 0.3) is 5.69 Å². The molecule has 1 aliphatic heterocycles. The maximum absolute atomic E-state index is 12.2. The van der Waals surface area contributed by atoms with Crippen LogP contribution in [0.5, 0.6) is 5.75 Å². The van der Waals surface area contributed by atoms with E-state index in [9.17, 15) is 13.2 Å². The van der Waals surface area contributed by atoms with Crippen LogP contribution < -0.4 is 19.7 Å². The van der Waals surface area contributed by atoms with Crippen LogP contribution in [0, 0.1) is 0 Å². The average molecular weight is 578 g/mol. The number of hydrogen-bond donors (Lipinski definition) is 2. The van der Waals surface area contributed by atoms with E-state index >= 15 is 0 Å². The smallest absolute Gasteiger partial charge is 0.337 e. The first-order valence-corrected chi connectivity index (χ1v) is 14.5. The number of anilines is 2. The number of nitrogens with zero attached hydrogens (tertiary/aromatic N) is 3. The molecule has 0 aliphatic carbocycles. The van der Waals surface area contributed by atoms with Gasteiger partial charge >= 0.3 is 5.97 Å². The molecule has 1 aliphatic rings. The second-order valence-electron chi connectivity index (χ2n) is 9.10. The van der Waals surface area contributed by atoms with Crippen LogP contribution >= 0.6 is 12.2 Å². The first-order chi connectivity index (χ1) is 19.2. The van der Waals surface area contributed by atoms with E-state index < -0.39 is 16.0 Å². The van der Waals surface area contributed by atoms with E-state index in [0.717, 1.165) is 23.3 Å². The zero-order valence-corrected chi connectivity index (χ0v) is 23.6. The van der Waals surface area contributed by atoms with Crippen LogP contribution in [-0.2, 0) is 14.8 Å². The fourth-order valence-electron chi connectivity index (χ4n) is 4.82. The van der Waals surface area contributed by atoms with Crippen molar-refractivity contribution in [1.29, 1.82) is 0 Å². The zero-order chi connectivity index (χ0) is 28.4. The summed E-state index contributed by atoms with van der Waals surface area (Å²) in [6.45, 7) is 0. The van der Waals surface area contributed by atoms with Crippen LogP contribution in [0.2, 0.25) is 0 Å². The van der Waals surface area contributed by atoms with Crippen molar-refractivity contribution in [3.63, 3.8) is 0 Å². The predicted molar refractivity (Wildman–Crippen MR) is 157 cm³/mol. The number of hydrogen-bond acceptors (Lipinski definition) is 7. The van der Waals surface area contributed by atoms with E-state index in [1.165, 1.54) is 14.2 Å². The number of sulfonamides is 1. The molecule has 12 heteroatoms. The lowest BCUT2D eigenvalue weighted by Gasteiger charge is -2.29. The SMILES string of the molecule is COC(=O)c1cccc(-n2cccc2[C@H]2[C@H](c3ccccn3)NC(=S)N2c2ccc(NS(C)(=O)=O)c(OC)c2)c1. The second kappa shape index (κ2) is 11.0. The normalized spacial score (nSPS) is 16.9. The molecule has 40 heavy (non-hydrogen) atoms.